The van der Waals surface area contributed by atoms with E-state index in [0.29, 0.717) is 21.4 Å². The lowest BCUT2D eigenvalue weighted by atomic mass is 10.0. The molecule has 1 aromatic carbocycles. The van der Waals surface area contributed by atoms with Crippen molar-refractivity contribution in [3.8, 4) is 17.2 Å². The number of nitrogens with zero attached hydrogens (tertiary/aromatic N) is 3. The Balaban J connectivity index is 2.43. The monoisotopic (exact) mass is 453 g/mol. The van der Waals surface area contributed by atoms with Crippen molar-refractivity contribution < 1.29 is 9.18 Å². The average Bonchev–Trinajstić information content (AvgIpc) is 2.89. The number of hydrogen-bond acceptors (Lipinski definition) is 4. The lowest BCUT2D eigenvalue weighted by Gasteiger charge is -2.13. The van der Waals surface area contributed by atoms with Crippen LogP contribution in [0.15, 0.2) is 21.4 Å². The smallest absolute Gasteiger partial charge is 0.255 e. The molecule has 3 rings (SSSR count). The van der Waals surface area contributed by atoms with E-state index in [2.05, 4.69) is 31.0 Å². The summed E-state index contributed by atoms with van der Waals surface area (Å²) in [5.74, 6) is -1.41. The summed E-state index contributed by atoms with van der Waals surface area (Å²) in [4.78, 5) is 31.0. The number of carbonyl (C=O) groups excluding carboxylic acids is 1. The fourth-order valence-corrected chi connectivity index (χ4v) is 3.29. The van der Waals surface area contributed by atoms with Crippen LogP contribution in [-0.4, -0.2) is 25.7 Å². The van der Waals surface area contributed by atoms with Gasteiger partial charge in [-0.2, -0.15) is 9.78 Å². The van der Waals surface area contributed by atoms with Crippen molar-refractivity contribution in [3.63, 3.8) is 0 Å². The number of aromatic nitrogens is 4. The third kappa shape index (κ3) is 3.17. The first-order valence-corrected chi connectivity index (χ1v) is 8.91. The standard InChI is InChI=1S/C17H14BrClFN5O2/c1-6-7(2)22-17(23-16(6)27)25-14(12(18)8(3)24-25)11-9(15(21)26)4-5-10(20)13(11)19/h4-5H,1-3H3,(H2,21,26)(H,22,23,27). The van der Waals surface area contributed by atoms with Crippen LogP contribution < -0.4 is 11.3 Å². The summed E-state index contributed by atoms with van der Waals surface area (Å²) in [6.45, 7) is 5.02. The van der Waals surface area contributed by atoms with Gasteiger partial charge in [0.05, 0.1) is 26.4 Å². The number of rotatable bonds is 3. The highest BCUT2D eigenvalue weighted by Gasteiger charge is 2.26. The van der Waals surface area contributed by atoms with Gasteiger partial charge < -0.3 is 5.73 Å². The van der Waals surface area contributed by atoms with Crippen LogP contribution in [0.4, 0.5) is 4.39 Å². The first kappa shape index (κ1) is 19.2. The molecule has 3 aromatic rings. The average molecular weight is 455 g/mol. The number of amides is 1. The van der Waals surface area contributed by atoms with E-state index in [1.165, 1.54) is 10.7 Å². The van der Waals surface area contributed by atoms with Crippen LogP contribution in [0, 0.1) is 26.6 Å². The second-order valence-electron chi connectivity index (χ2n) is 5.91. The molecule has 1 amide bonds. The normalized spacial score (nSPS) is 11.0. The van der Waals surface area contributed by atoms with Crippen molar-refractivity contribution in [1.82, 2.24) is 19.7 Å². The van der Waals surface area contributed by atoms with E-state index in [-0.39, 0.29) is 33.4 Å². The Labute approximate surface area is 166 Å². The molecular weight excluding hydrogens is 441 g/mol. The molecule has 0 radical (unpaired) electrons. The molecule has 0 atom stereocenters. The Bertz CT molecular complexity index is 1160. The van der Waals surface area contributed by atoms with E-state index in [4.69, 9.17) is 17.3 Å². The lowest BCUT2D eigenvalue weighted by molar-refractivity contribution is 0.100. The summed E-state index contributed by atoms with van der Waals surface area (Å²) in [6.07, 6.45) is 0. The minimum Gasteiger partial charge on any atom is -0.366 e. The highest BCUT2D eigenvalue weighted by atomic mass is 79.9. The Morgan fingerprint density at radius 1 is 1.30 bits per heavy atom. The molecule has 2 aromatic heterocycles. The molecule has 27 heavy (non-hydrogen) atoms. The first-order valence-electron chi connectivity index (χ1n) is 7.74. The maximum absolute atomic E-state index is 14.2. The third-order valence-corrected chi connectivity index (χ3v) is 5.49. The molecule has 0 spiro atoms. The number of aryl methyl sites for hydroxylation is 2. The van der Waals surface area contributed by atoms with Gasteiger partial charge in [-0.05, 0) is 48.8 Å². The molecule has 0 fully saturated rings. The number of nitrogens with two attached hydrogens (primary N) is 1. The zero-order valence-electron chi connectivity index (χ0n) is 14.5. The van der Waals surface area contributed by atoms with Gasteiger partial charge in [0.1, 0.15) is 5.82 Å². The Morgan fingerprint density at radius 3 is 2.56 bits per heavy atom. The minimum atomic E-state index is -0.786. The van der Waals surface area contributed by atoms with Crippen molar-refractivity contribution in [2.75, 3.05) is 0 Å². The van der Waals surface area contributed by atoms with Gasteiger partial charge in [0.25, 0.3) is 5.56 Å². The second kappa shape index (κ2) is 6.90. The fourth-order valence-electron chi connectivity index (χ4n) is 2.60. The summed E-state index contributed by atoms with van der Waals surface area (Å²) in [5.41, 5.74) is 6.90. The molecule has 0 aliphatic carbocycles. The summed E-state index contributed by atoms with van der Waals surface area (Å²) < 4.78 is 15.9. The van der Waals surface area contributed by atoms with Crippen LogP contribution in [0.3, 0.4) is 0 Å². The largest absolute Gasteiger partial charge is 0.366 e. The molecule has 3 N–H and O–H groups in total. The molecule has 0 saturated heterocycles. The van der Waals surface area contributed by atoms with Crippen LogP contribution in [0.25, 0.3) is 17.2 Å². The van der Waals surface area contributed by atoms with Crippen LogP contribution in [0.5, 0.6) is 0 Å². The molecule has 7 nitrogen and oxygen atoms in total. The predicted molar refractivity (Wildman–Crippen MR) is 103 cm³/mol. The van der Waals surface area contributed by atoms with Gasteiger partial charge in [-0.3, -0.25) is 14.6 Å². The number of halogens is 3. The molecule has 0 saturated carbocycles. The van der Waals surface area contributed by atoms with Crippen molar-refractivity contribution in [3.05, 3.63) is 60.3 Å². The number of H-pyrrole nitrogens is 1. The highest BCUT2D eigenvalue weighted by Crippen LogP contribution is 2.39. The molecule has 0 bridgehead atoms. The van der Waals surface area contributed by atoms with E-state index < -0.39 is 11.7 Å². The molecular formula is C17H14BrClFN5O2. The van der Waals surface area contributed by atoms with E-state index >= 15 is 0 Å². The summed E-state index contributed by atoms with van der Waals surface area (Å²) in [5, 5.41) is 4.05. The van der Waals surface area contributed by atoms with Gasteiger partial charge in [0.2, 0.25) is 11.9 Å². The van der Waals surface area contributed by atoms with Crippen molar-refractivity contribution in [1.29, 1.82) is 0 Å². The van der Waals surface area contributed by atoms with Crippen molar-refractivity contribution in [2.24, 2.45) is 5.73 Å². The zero-order valence-corrected chi connectivity index (χ0v) is 16.9. The fraction of sp³-hybridized carbons (Fsp3) is 0.176. The zero-order chi connectivity index (χ0) is 20.0. The van der Waals surface area contributed by atoms with Crippen LogP contribution in [-0.2, 0) is 0 Å². The van der Waals surface area contributed by atoms with Gasteiger partial charge in [0, 0.05) is 16.8 Å². The summed E-state index contributed by atoms with van der Waals surface area (Å²) >= 11 is 9.56. The Hall–Kier alpha value is -2.52. The van der Waals surface area contributed by atoms with Gasteiger partial charge in [0.15, 0.2) is 0 Å². The van der Waals surface area contributed by atoms with Crippen LogP contribution >= 0.6 is 27.5 Å². The van der Waals surface area contributed by atoms with Gasteiger partial charge >= 0.3 is 0 Å². The number of primary amides is 1. The third-order valence-electron chi connectivity index (χ3n) is 4.17. The van der Waals surface area contributed by atoms with E-state index in [1.807, 2.05) is 0 Å². The van der Waals surface area contributed by atoms with E-state index in [1.54, 1.807) is 20.8 Å². The summed E-state index contributed by atoms with van der Waals surface area (Å²) in [6, 6.07) is 2.30. The van der Waals surface area contributed by atoms with E-state index in [0.717, 1.165) is 6.07 Å². The molecule has 10 heteroatoms. The van der Waals surface area contributed by atoms with Gasteiger partial charge in [-0.25, -0.2) is 9.37 Å². The number of benzene rings is 1. The number of hydrogen-bond donors (Lipinski definition) is 2. The molecule has 2 heterocycles. The number of carbonyl (C=O) groups is 1. The Kier molecular flexibility index (Phi) is 4.92. The van der Waals surface area contributed by atoms with E-state index in [9.17, 15) is 14.0 Å². The maximum Gasteiger partial charge on any atom is 0.255 e. The van der Waals surface area contributed by atoms with Crippen molar-refractivity contribution >= 4 is 33.4 Å². The lowest BCUT2D eigenvalue weighted by Crippen LogP contribution is -2.19. The molecule has 140 valence electrons. The SMILES string of the molecule is Cc1nn(-c2nc(C)c(C)c(=O)[nH]2)c(-c2c(C(N)=O)ccc(F)c2Cl)c1Br. The molecule has 0 unspecified atom stereocenters. The predicted octanol–water partition coefficient (Wildman–Crippen LogP) is 3.20. The molecule has 0 aliphatic heterocycles. The maximum atomic E-state index is 14.2. The van der Waals surface area contributed by atoms with Crippen molar-refractivity contribution in [2.45, 2.75) is 20.8 Å². The number of aromatic amines is 1. The highest BCUT2D eigenvalue weighted by molar-refractivity contribution is 9.10. The second-order valence-corrected chi connectivity index (χ2v) is 7.08. The van der Waals surface area contributed by atoms with Gasteiger partial charge in [-0.15, -0.1) is 0 Å². The van der Waals surface area contributed by atoms with Crippen LogP contribution in [0.1, 0.15) is 27.3 Å². The van der Waals surface area contributed by atoms with Crippen LogP contribution in [0.2, 0.25) is 5.02 Å². The molecule has 0 aliphatic rings. The topological polar surface area (TPSA) is 107 Å². The first-order chi connectivity index (χ1) is 12.6. The quantitative estimate of drug-likeness (QED) is 0.634. The Morgan fingerprint density at radius 2 is 1.96 bits per heavy atom. The summed E-state index contributed by atoms with van der Waals surface area (Å²) in [7, 11) is 0. The minimum absolute atomic E-state index is 0.00873. The van der Waals surface area contributed by atoms with Gasteiger partial charge in [-0.1, -0.05) is 11.6 Å². The number of nitrogens with one attached hydrogen (secondary N) is 1.